The fraction of sp³-hybridized carbons (Fsp3) is 0.308. The molecule has 0 saturated carbocycles. The molecular weight excluding hydrogens is 345 g/mol. The van der Waals surface area contributed by atoms with E-state index in [1.165, 1.54) is 17.7 Å². The Morgan fingerprint density at radius 1 is 1.48 bits per heavy atom. The minimum atomic E-state index is -0.785. The van der Waals surface area contributed by atoms with Crippen molar-refractivity contribution in [3.8, 4) is 11.6 Å². The maximum absolute atomic E-state index is 14.0. The van der Waals surface area contributed by atoms with E-state index >= 15 is 0 Å². The van der Waals surface area contributed by atoms with E-state index in [1.807, 2.05) is 6.92 Å². The van der Waals surface area contributed by atoms with Crippen molar-refractivity contribution in [3.63, 3.8) is 0 Å². The zero-order valence-electron chi connectivity index (χ0n) is 11.7. The van der Waals surface area contributed by atoms with Gasteiger partial charge in [0.15, 0.2) is 11.6 Å². The summed E-state index contributed by atoms with van der Waals surface area (Å²) in [6.45, 7) is 3.35. The predicted molar refractivity (Wildman–Crippen MR) is 78.4 cm³/mol. The molecule has 0 aliphatic heterocycles. The Balaban J connectivity index is 2.46. The number of aromatic nitrogens is 2. The number of hydrogen-bond acceptors (Lipinski definition) is 4. The maximum atomic E-state index is 14.0. The molecule has 1 aromatic heterocycles. The van der Waals surface area contributed by atoms with Crippen LogP contribution < -0.4 is 4.74 Å². The first-order valence-corrected chi connectivity index (χ1v) is 7.18. The molecule has 8 heteroatoms. The van der Waals surface area contributed by atoms with Crippen LogP contribution in [0.15, 0.2) is 12.1 Å². The SMILES string of the molecule is Cc1cc(Oc2c(CBr)c(C)nn2C)c(F)cc1[N+](=O)[O-]. The third-order valence-corrected chi connectivity index (χ3v) is 3.64. The van der Waals surface area contributed by atoms with Crippen LogP contribution in [0.1, 0.15) is 16.8 Å². The third-order valence-electron chi connectivity index (χ3n) is 3.08. The summed E-state index contributed by atoms with van der Waals surface area (Å²) in [5.41, 5.74) is 1.62. The fourth-order valence-corrected chi connectivity index (χ4v) is 2.63. The van der Waals surface area contributed by atoms with E-state index in [0.29, 0.717) is 16.8 Å². The van der Waals surface area contributed by atoms with Crippen molar-refractivity contribution in [2.75, 3.05) is 0 Å². The number of aryl methyl sites for hydroxylation is 3. The van der Waals surface area contributed by atoms with Gasteiger partial charge in [-0.3, -0.25) is 10.1 Å². The molecule has 6 nitrogen and oxygen atoms in total. The van der Waals surface area contributed by atoms with Crippen LogP contribution in [0.5, 0.6) is 11.6 Å². The molecule has 1 aromatic carbocycles. The van der Waals surface area contributed by atoms with Crippen LogP contribution >= 0.6 is 15.9 Å². The number of benzene rings is 1. The van der Waals surface area contributed by atoms with E-state index in [9.17, 15) is 14.5 Å². The number of alkyl halides is 1. The zero-order chi connectivity index (χ0) is 15.7. The number of nitro benzene ring substituents is 1. The van der Waals surface area contributed by atoms with Gasteiger partial charge in [-0.15, -0.1) is 0 Å². The van der Waals surface area contributed by atoms with E-state index in [0.717, 1.165) is 17.3 Å². The van der Waals surface area contributed by atoms with Crippen molar-refractivity contribution in [1.82, 2.24) is 9.78 Å². The molecule has 1 heterocycles. The Labute approximate surface area is 128 Å². The molecule has 0 atom stereocenters. The van der Waals surface area contributed by atoms with Crippen LogP contribution in [0.25, 0.3) is 0 Å². The number of hydrogen-bond donors (Lipinski definition) is 0. The number of ether oxygens (including phenoxy) is 1. The summed E-state index contributed by atoms with van der Waals surface area (Å²) < 4.78 is 21.1. The molecule has 0 aliphatic rings. The lowest BCUT2D eigenvalue weighted by Gasteiger charge is -2.09. The molecule has 112 valence electrons. The summed E-state index contributed by atoms with van der Waals surface area (Å²) in [5, 5.41) is 15.5. The quantitative estimate of drug-likeness (QED) is 0.474. The summed E-state index contributed by atoms with van der Waals surface area (Å²) in [4.78, 5) is 10.2. The minimum Gasteiger partial charge on any atom is -0.436 e. The van der Waals surface area contributed by atoms with Gasteiger partial charge in [-0.25, -0.2) is 9.07 Å². The van der Waals surface area contributed by atoms with E-state index in [4.69, 9.17) is 4.74 Å². The number of nitrogens with zero attached hydrogens (tertiary/aromatic N) is 3. The van der Waals surface area contributed by atoms with Crippen LogP contribution in [-0.2, 0) is 12.4 Å². The Morgan fingerprint density at radius 2 is 2.14 bits per heavy atom. The summed E-state index contributed by atoms with van der Waals surface area (Å²) >= 11 is 3.33. The van der Waals surface area contributed by atoms with Crippen LogP contribution in [0.3, 0.4) is 0 Å². The molecule has 21 heavy (non-hydrogen) atoms. The molecule has 0 fully saturated rings. The van der Waals surface area contributed by atoms with Crippen molar-refractivity contribution in [2.24, 2.45) is 7.05 Å². The van der Waals surface area contributed by atoms with Gasteiger partial charge in [-0.2, -0.15) is 5.10 Å². The van der Waals surface area contributed by atoms with Crippen molar-refractivity contribution >= 4 is 21.6 Å². The van der Waals surface area contributed by atoms with E-state index < -0.39 is 10.7 Å². The Kier molecular flexibility index (Phi) is 4.26. The lowest BCUT2D eigenvalue weighted by molar-refractivity contribution is -0.385. The molecule has 0 N–H and O–H groups in total. The smallest absolute Gasteiger partial charge is 0.275 e. The van der Waals surface area contributed by atoms with Gasteiger partial charge >= 0.3 is 0 Å². The molecule has 2 rings (SSSR count). The number of rotatable bonds is 4. The average Bonchev–Trinajstić information content (AvgIpc) is 2.67. The topological polar surface area (TPSA) is 70.2 Å². The van der Waals surface area contributed by atoms with E-state index in [1.54, 1.807) is 7.05 Å². The predicted octanol–water partition coefficient (Wildman–Crippen LogP) is 3.77. The first-order chi connectivity index (χ1) is 9.85. The standard InChI is InChI=1S/C13H13BrFN3O3/c1-7-4-12(10(15)5-11(7)18(19)20)21-13-9(6-14)8(2)16-17(13)3/h4-5H,6H2,1-3H3. The maximum Gasteiger partial charge on any atom is 0.275 e. The van der Waals surface area contributed by atoms with Gasteiger partial charge in [0.2, 0.25) is 5.88 Å². The fourth-order valence-electron chi connectivity index (χ4n) is 1.99. The molecular formula is C13H13BrFN3O3. The van der Waals surface area contributed by atoms with E-state index in [-0.39, 0.29) is 11.4 Å². The Bertz CT molecular complexity index is 715. The summed E-state index contributed by atoms with van der Waals surface area (Å²) in [7, 11) is 1.69. The van der Waals surface area contributed by atoms with Gasteiger partial charge in [-0.1, -0.05) is 15.9 Å². The Hall–Kier alpha value is -1.96. The lowest BCUT2D eigenvalue weighted by atomic mass is 10.2. The second kappa shape index (κ2) is 5.80. The van der Waals surface area contributed by atoms with Crippen LogP contribution in [0.4, 0.5) is 10.1 Å². The number of halogens is 2. The Morgan fingerprint density at radius 3 is 2.71 bits per heavy atom. The molecule has 0 aliphatic carbocycles. The highest BCUT2D eigenvalue weighted by molar-refractivity contribution is 9.08. The molecule has 0 radical (unpaired) electrons. The molecule has 0 saturated heterocycles. The largest absolute Gasteiger partial charge is 0.436 e. The van der Waals surface area contributed by atoms with E-state index in [2.05, 4.69) is 21.0 Å². The van der Waals surface area contributed by atoms with Gasteiger partial charge in [0, 0.05) is 23.5 Å². The first kappa shape index (κ1) is 15.4. The normalized spacial score (nSPS) is 10.7. The minimum absolute atomic E-state index is 0.0664. The monoisotopic (exact) mass is 357 g/mol. The summed E-state index contributed by atoms with van der Waals surface area (Å²) in [5.74, 6) is -0.452. The van der Waals surface area contributed by atoms with Crippen molar-refractivity contribution in [3.05, 3.63) is 44.9 Å². The molecule has 2 aromatic rings. The lowest BCUT2D eigenvalue weighted by Crippen LogP contribution is -2.00. The average molecular weight is 358 g/mol. The second-order valence-electron chi connectivity index (χ2n) is 4.55. The van der Waals surface area contributed by atoms with Gasteiger partial charge < -0.3 is 4.74 Å². The number of nitro groups is 1. The highest BCUT2D eigenvalue weighted by atomic mass is 79.9. The van der Waals surface area contributed by atoms with Gasteiger partial charge in [0.05, 0.1) is 16.7 Å². The molecule has 0 spiro atoms. The van der Waals surface area contributed by atoms with Crippen molar-refractivity contribution in [2.45, 2.75) is 19.2 Å². The van der Waals surface area contributed by atoms with Gasteiger partial charge in [0.25, 0.3) is 5.69 Å². The highest BCUT2D eigenvalue weighted by Gasteiger charge is 2.20. The van der Waals surface area contributed by atoms with Crippen LogP contribution in [0, 0.1) is 29.8 Å². The zero-order valence-corrected chi connectivity index (χ0v) is 13.3. The van der Waals surface area contributed by atoms with Gasteiger partial charge in [-0.05, 0) is 19.9 Å². The molecule has 0 unspecified atom stereocenters. The van der Waals surface area contributed by atoms with Crippen LogP contribution in [-0.4, -0.2) is 14.7 Å². The second-order valence-corrected chi connectivity index (χ2v) is 5.12. The third kappa shape index (κ3) is 2.90. The summed E-state index contributed by atoms with van der Waals surface area (Å²) in [6.07, 6.45) is 0. The molecule has 0 amide bonds. The first-order valence-electron chi connectivity index (χ1n) is 6.06. The van der Waals surface area contributed by atoms with Crippen LogP contribution in [0.2, 0.25) is 0 Å². The van der Waals surface area contributed by atoms with Gasteiger partial charge in [0.1, 0.15) is 0 Å². The van der Waals surface area contributed by atoms with Crippen molar-refractivity contribution < 1.29 is 14.1 Å². The highest BCUT2D eigenvalue weighted by Crippen LogP contribution is 2.33. The summed E-state index contributed by atoms with van der Waals surface area (Å²) in [6, 6.07) is 2.18. The molecule has 0 bridgehead atoms. The van der Waals surface area contributed by atoms with Crippen molar-refractivity contribution in [1.29, 1.82) is 0 Å².